The molecule has 9 heteroatoms. The highest BCUT2D eigenvalue weighted by Crippen LogP contribution is 2.20. The Morgan fingerprint density at radius 3 is 2.68 bits per heavy atom. The highest BCUT2D eigenvalue weighted by atomic mass is 32.2. The molecule has 0 bridgehead atoms. The van der Waals surface area contributed by atoms with Crippen LogP contribution in [0.5, 0.6) is 0 Å². The van der Waals surface area contributed by atoms with Gasteiger partial charge >= 0.3 is 0 Å². The van der Waals surface area contributed by atoms with Crippen molar-refractivity contribution < 1.29 is 0 Å². The predicted octanol–water partition coefficient (Wildman–Crippen LogP) is 1.81. The molecule has 3 heterocycles. The lowest BCUT2D eigenvalue weighted by Crippen LogP contribution is -2.53. The van der Waals surface area contributed by atoms with E-state index in [1.165, 1.54) is 0 Å². The minimum Gasteiger partial charge on any atom is -0.356 e. The average molecular weight is 378 g/mol. The van der Waals surface area contributed by atoms with Gasteiger partial charge in [-0.05, 0) is 12.5 Å². The molecule has 1 saturated heterocycles. The van der Waals surface area contributed by atoms with E-state index in [1.807, 2.05) is 36.5 Å². The first-order chi connectivity index (χ1) is 12.4. The molecule has 0 spiro atoms. The quantitative estimate of drug-likeness (QED) is 0.356. The maximum atomic E-state index is 4.42. The lowest BCUT2D eigenvalue weighted by molar-refractivity contribution is 0.370. The number of hydrogen-bond acceptors (Lipinski definition) is 7. The van der Waals surface area contributed by atoms with E-state index < -0.39 is 0 Å². The van der Waals surface area contributed by atoms with Gasteiger partial charge in [-0.15, -0.1) is 11.3 Å². The van der Waals surface area contributed by atoms with Gasteiger partial charge in [0.25, 0.3) is 0 Å². The highest BCUT2D eigenvalue weighted by Gasteiger charge is 2.20. The number of hydrogen-bond donors (Lipinski definition) is 1. The van der Waals surface area contributed by atoms with Crippen LogP contribution >= 0.6 is 23.1 Å². The number of thioether (sulfide) groups is 1. The van der Waals surface area contributed by atoms with Gasteiger partial charge < -0.3 is 15.1 Å². The van der Waals surface area contributed by atoms with Crippen LogP contribution in [0, 0.1) is 0 Å². The zero-order valence-electron chi connectivity index (χ0n) is 14.3. The molecule has 7 nitrogen and oxygen atoms in total. The van der Waals surface area contributed by atoms with Gasteiger partial charge in [0.2, 0.25) is 5.95 Å². The van der Waals surface area contributed by atoms with Crippen LogP contribution in [0.15, 0.2) is 39.4 Å². The number of aromatic nitrogens is 3. The summed E-state index contributed by atoms with van der Waals surface area (Å²) in [5, 5.41) is 5.49. The summed E-state index contributed by atoms with van der Waals surface area (Å²) in [6.07, 6.45) is 6.52. The van der Waals surface area contributed by atoms with E-state index >= 15 is 0 Å². The Hall–Kier alpha value is -1.87. The molecule has 0 aliphatic carbocycles. The summed E-state index contributed by atoms with van der Waals surface area (Å²) in [6.45, 7) is 4.58. The van der Waals surface area contributed by atoms with Crippen LogP contribution in [0.4, 0.5) is 5.95 Å². The molecule has 1 fully saturated rings. The molecular weight excluding hydrogens is 354 g/mol. The standard InChI is InChI=1S/C16H23N7S2/c1-17-14(18-6-3-12-24-16-21-7-13-25-16)22-8-10-23(11-9-22)15-19-4-2-5-20-15/h2,4-5,7,13H,3,6,8-12H2,1H3,(H,17,18). The summed E-state index contributed by atoms with van der Waals surface area (Å²) < 4.78 is 1.14. The van der Waals surface area contributed by atoms with E-state index in [2.05, 4.69) is 35.1 Å². The first-order valence-electron chi connectivity index (χ1n) is 8.36. The molecule has 1 N–H and O–H groups in total. The largest absolute Gasteiger partial charge is 0.356 e. The van der Waals surface area contributed by atoms with Crippen LogP contribution in [0.2, 0.25) is 0 Å². The average Bonchev–Trinajstić information content (AvgIpc) is 3.19. The van der Waals surface area contributed by atoms with Crippen LogP contribution in [-0.4, -0.2) is 71.3 Å². The lowest BCUT2D eigenvalue weighted by atomic mass is 10.3. The second-order valence-corrected chi connectivity index (χ2v) is 7.73. The Morgan fingerprint density at radius 2 is 2.00 bits per heavy atom. The fourth-order valence-corrected chi connectivity index (χ4v) is 4.27. The number of nitrogens with one attached hydrogen (secondary N) is 1. The van der Waals surface area contributed by atoms with E-state index in [4.69, 9.17) is 0 Å². The van der Waals surface area contributed by atoms with Crippen LogP contribution in [0.1, 0.15) is 6.42 Å². The summed E-state index contributed by atoms with van der Waals surface area (Å²) in [7, 11) is 1.85. The topological polar surface area (TPSA) is 69.5 Å². The minimum atomic E-state index is 0.810. The van der Waals surface area contributed by atoms with Crippen molar-refractivity contribution in [1.82, 2.24) is 25.2 Å². The second-order valence-electron chi connectivity index (χ2n) is 5.50. The van der Waals surface area contributed by atoms with Gasteiger partial charge in [0, 0.05) is 69.5 Å². The summed E-state index contributed by atoms with van der Waals surface area (Å²) in [6, 6.07) is 1.85. The maximum Gasteiger partial charge on any atom is 0.225 e. The summed E-state index contributed by atoms with van der Waals surface area (Å²) in [5.74, 6) is 2.86. The van der Waals surface area contributed by atoms with E-state index in [-0.39, 0.29) is 0 Å². The Bertz CT molecular complexity index is 640. The van der Waals surface area contributed by atoms with Crippen molar-refractivity contribution in [3.8, 4) is 0 Å². The second kappa shape index (κ2) is 9.57. The third-order valence-electron chi connectivity index (χ3n) is 3.87. The molecule has 0 amide bonds. The number of rotatable bonds is 6. The van der Waals surface area contributed by atoms with Gasteiger partial charge in [-0.25, -0.2) is 15.0 Å². The molecule has 25 heavy (non-hydrogen) atoms. The van der Waals surface area contributed by atoms with E-state index in [0.717, 1.165) is 61.1 Å². The molecule has 1 aliphatic heterocycles. The number of thiazole rings is 1. The maximum absolute atomic E-state index is 4.42. The molecule has 0 unspecified atom stereocenters. The third-order valence-corrected chi connectivity index (χ3v) is 5.92. The molecule has 0 radical (unpaired) electrons. The molecule has 2 aromatic rings. The molecule has 1 aliphatic rings. The van der Waals surface area contributed by atoms with Crippen LogP contribution in [-0.2, 0) is 0 Å². The Morgan fingerprint density at radius 1 is 1.20 bits per heavy atom. The summed E-state index contributed by atoms with van der Waals surface area (Å²) in [5.41, 5.74) is 0. The highest BCUT2D eigenvalue weighted by molar-refractivity contribution is 8.00. The summed E-state index contributed by atoms with van der Waals surface area (Å²) in [4.78, 5) is 21.9. The van der Waals surface area contributed by atoms with Gasteiger partial charge in [0.15, 0.2) is 5.96 Å². The van der Waals surface area contributed by atoms with Gasteiger partial charge in [-0.3, -0.25) is 4.99 Å². The monoisotopic (exact) mass is 377 g/mol. The fourth-order valence-electron chi connectivity index (χ4n) is 2.62. The van der Waals surface area contributed by atoms with Crippen molar-refractivity contribution in [3.63, 3.8) is 0 Å². The van der Waals surface area contributed by atoms with Crippen molar-refractivity contribution in [2.45, 2.75) is 10.8 Å². The molecule has 0 atom stereocenters. The number of piperazine rings is 1. The normalized spacial score (nSPS) is 15.5. The molecular formula is C16H23N7S2. The lowest BCUT2D eigenvalue weighted by Gasteiger charge is -2.36. The minimum absolute atomic E-state index is 0.810. The number of nitrogens with zero attached hydrogens (tertiary/aromatic N) is 6. The smallest absolute Gasteiger partial charge is 0.225 e. The van der Waals surface area contributed by atoms with Crippen LogP contribution in [0.3, 0.4) is 0 Å². The zero-order chi connectivity index (χ0) is 17.3. The van der Waals surface area contributed by atoms with Gasteiger partial charge in [-0.2, -0.15) is 0 Å². The van der Waals surface area contributed by atoms with Crippen LogP contribution in [0.25, 0.3) is 0 Å². The van der Waals surface area contributed by atoms with Crippen LogP contribution < -0.4 is 10.2 Å². The van der Waals surface area contributed by atoms with Crippen molar-refractivity contribution in [1.29, 1.82) is 0 Å². The van der Waals surface area contributed by atoms with Crippen molar-refractivity contribution in [2.24, 2.45) is 4.99 Å². The molecule has 2 aromatic heterocycles. The van der Waals surface area contributed by atoms with Gasteiger partial charge in [0.1, 0.15) is 4.34 Å². The first kappa shape index (κ1) is 17.9. The van der Waals surface area contributed by atoms with E-state index in [9.17, 15) is 0 Å². The summed E-state index contributed by atoms with van der Waals surface area (Å²) >= 11 is 3.51. The van der Waals surface area contributed by atoms with Crippen molar-refractivity contribution in [2.75, 3.05) is 50.4 Å². The number of anilines is 1. The van der Waals surface area contributed by atoms with Crippen molar-refractivity contribution >= 4 is 35.0 Å². The fraction of sp³-hybridized carbons (Fsp3) is 0.500. The SMILES string of the molecule is CN=C(NCCCSc1nccs1)N1CCN(c2ncccn2)CC1. The van der Waals surface area contributed by atoms with E-state index in [0.29, 0.717) is 0 Å². The Balaban J connectivity index is 1.37. The first-order valence-corrected chi connectivity index (χ1v) is 10.2. The Kier molecular flexibility index (Phi) is 6.87. The third kappa shape index (κ3) is 5.30. The zero-order valence-corrected chi connectivity index (χ0v) is 16.0. The predicted molar refractivity (Wildman–Crippen MR) is 105 cm³/mol. The number of guanidine groups is 1. The molecule has 134 valence electrons. The van der Waals surface area contributed by atoms with E-state index in [1.54, 1.807) is 23.7 Å². The number of aliphatic imine (C=N–C) groups is 1. The Labute approximate surface area is 156 Å². The molecule has 0 saturated carbocycles. The van der Waals surface area contributed by atoms with Crippen molar-refractivity contribution in [3.05, 3.63) is 30.0 Å². The van der Waals surface area contributed by atoms with Gasteiger partial charge in [-0.1, -0.05) is 11.8 Å². The van der Waals surface area contributed by atoms with Gasteiger partial charge in [0.05, 0.1) is 0 Å². The molecule has 3 rings (SSSR count). The molecule has 0 aromatic carbocycles.